The standard InChI is InChI=1S/C13H9BrN2OS/c14-11-5-15-8-16(13(11)17)6-9-7-18-12-4-2-1-3-10(9)12/h1-5,7-8H,6H2. The molecule has 0 amide bonds. The topological polar surface area (TPSA) is 34.9 Å². The molecule has 90 valence electrons. The summed E-state index contributed by atoms with van der Waals surface area (Å²) in [7, 11) is 0. The van der Waals surface area contributed by atoms with Crippen LogP contribution in [0.25, 0.3) is 10.1 Å². The predicted molar refractivity (Wildman–Crippen MR) is 77.1 cm³/mol. The van der Waals surface area contributed by atoms with E-state index < -0.39 is 0 Å². The molecule has 3 nitrogen and oxygen atoms in total. The number of fused-ring (bicyclic) bond motifs is 1. The molecule has 0 spiro atoms. The van der Waals surface area contributed by atoms with Crippen molar-refractivity contribution < 1.29 is 0 Å². The van der Waals surface area contributed by atoms with Crippen molar-refractivity contribution in [1.29, 1.82) is 0 Å². The Bertz CT molecular complexity index is 763. The summed E-state index contributed by atoms with van der Waals surface area (Å²) < 4.78 is 3.34. The van der Waals surface area contributed by atoms with Gasteiger partial charge in [0.15, 0.2) is 0 Å². The summed E-state index contributed by atoms with van der Waals surface area (Å²) in [5.41, 5.74) is 1.10. The van der Waals surface area contributed by atoms with Crippen LogP contribution in [0, 0.1) is 0 Å². The largest absolute Gasteiger partial charge is 0.294 e. The van der Waals surface area contributed by atoms with Gasteiger partial charge in [0.1, 0.15) is 4.47 Å². The minimum atomic E-state index is -0.0553. The van der Waals surface area contributed by atoms with Crippen molar-refractivity contribution in [2.45, 2.75) is 6.54 Å². The second-order valence-electron chi connectivity index (χ2n) is 3.93. The molecule has 0 aliphatic carbocycles. The molecule has 3 rings (SSSR count). The van der Waals surface area contributed by atoms with Gasteiger partial charge in [-0.2, -0.15) is 0 Å². The molecule has 0 aliphatic rings. The molecular formula is C13H9BrN2OS. The van der Waals surface area contributed by atoms with Crippen molar-refractivity contribution in [3.63, 3.8) is 0 Å². The molecular weight excluding hydrogens is 312 g/mol. The maximum Gasteiger partial charge on any atom is 0.267 e. The average Bonchev–Trinajstić information content (AvgIpc) is 2.79. The molecule has 2 heterocycles. The summed E-state index contributed by atoms with van der Waals surface area (Å²) in [4.78, 5) is 15.9. The van der Waals surface area contributed by atoms with Crippen LogP contribution in [0.5, 0.6) is 0 Å². The maximum atomic E-state index is 11.9. The molecule has 0 atom stereocenters. The number of aromatic nitrogens is 2. The molecule has 2 aromatic heterocycles. The van der Waals surface area contributed by atoms with Crippen molar-refractivity contribution in [3.05, 3.63) is 62.6 Å². The lowest BCUT2D eigenvalue weighted by atomic mass is 10.2. The van der Waals surface area contributed by atoms with Gasteiger partial charge in [0.2, 0.25) is 0 Å². The lowest BCUT2D eigenvalue weighted by Crippen LogP contribution is -2.21. The van der Waals surface area contributed by atoms with Crippen molar-refractivity contribution in [3.8, 4) is 0 Å². The minimum absolute atomic E-state index is 0.0553. The Labute approximate surface area is 116 Å². The summed E-state index contributed by atoms with van der Waals surface area (Å²) >= 11 is 4.90. The zero-order chi connectivity index (χ0) is 12.5. The van der Waals surface area contributed by atoms with Gasteiger partial charge in [0.25, 0.3) is 5.56 Å². The Morgan fingerprint density at radius 3 is 3.06 bits per heavy atom. The van der Waals surface area contributed by atoms with Crippen LogP contribution in [0.4, 0.5) is 0 Å². The quantitative estimate of drug-likeness (QED) is 0.726. The van der Waals surface area contributed by atoms with Crippen molar-refractivity contribution >= 4 is 37.4 Å². The van der Waals surface area contributed by atoms with Crippen molar-refractivity contribution in [2.75, 3.05) is 0 Å². The van der Waals surface area contributed by atoms with Gasteiger partial charge < -0.3 is 0 Å². The van der Waals surface area contributed by atoms with Crippen LogP contribution in [0.1, 0.15) is 5.56 Å². The first-order valence-corrected chi connectivity index (χ1v) is 7.08. The second-order valence-corrected chi connectivity index (χ2v) is 5.70. The van der Waals surface area contributed by atoms with Gasteiger partial charge in [-0.25, -0.2) is 4.98 Å². The number of hydrogen-bond acceptors (Lipinski definition) is 3. The summed E-state index contributed by atoms with van der Waals surface area (Å²) in [5.74, 6) is 0. The summed E-state index contributed by atoms with van der Waals surface area (Å²) in [6.45, 7) is 0.551. The molecule has 0 N–H and O–H groups in total. The van der Waals surface area contributed by atoms with Gasteiger partial charge in [-0.3, -0.25) is 9.36 Å². The maximum absolute atomic E-state index is 11.9. The molecule has 0 bridgehead atoms. The van der Waals surface area contributed by atoms with Gasteiger partial charge in [0.05, 0.1) is 12.9 Å². The number of rotatable bonds is 2. The highest BCUT2D eigenvalue weighted by atomic mass is 79.9. The molecule has 0 saturated heterocycles. The molecule has 0 saturated carbocycles. The van der Waals surface area contributed by atoms with E-state index in [1.165, 1.54) is 16.3 Å². The molecule has 3 aromatic rings. The Kier molecular flexibility index (Phi) is 3.01. The monoisotopic (exact) mass is 320 g/mol. The minimum Gasteiger partial charge on any atom is -0.294 e. The van der Waals surface area contributed by atoms with Gasteiger partial charge in [-0.05, 0) is 38.3 Å². The highest BCUT2D eigenvalue weighted by Crippen LogP contribution is 2.25. The third kappa shape index (κ3) is 2.00. The van der Waals surface area contributed by atoms with Crippen LogP contribution in [-0.2, 0) is 6.54 Å². The Balaban J connectivity index is 2.07. The van der Waals surface area contributed by atoms with E-state index in [1.54, 1.807) is 22.2 Å². The van der Waals surface area contributed by atoms with Crippen LogP contribution in [0.2, 0.25) is 0 Å². The highest BCUT2D eigenvalue weighted by molar-refractivity contribution is 9.10. The molecule has 0 radical (unpaired) electrons. The SMILES string of the molecule is O=c1c(Br)cncn1Cc1csc2ccccc12. The first-order valence-electron chi connectivity index (χ1n) is 5.41. The Hall–Kier alpha value is -1.46. The molecule has 0 aliphatic heterocycles. The first kappa shape index (κ1) is 11.6. The number of halogens is 1. The number of hydrogen-bond donors (Lipinski definition) is 0. The third-order valence-corrected chi connectivity index (χ3v) is 4.32. The second kappa shape index (κ2) is 4.66. The van der Waals surface area contributed by atoms with E-state index in [2.05, 4.69) is 38.4 Å². The number of thiophene rings is 1. The van der Waals surface area contributed by atoms with E-state index in [1.807, 2.05) is 12.1 Å². The summed E-state index contributed by atoms with van der Waals surface area (Å²) in [6, 6.07) is 8.21. The fourth-order valence-corrected chi connectivity index (χ4v) is 3.18. The van der Waals surface area contributed by atoms with Gasteiger partial charge in [0, 0.05) is 10.9 Å². The van der Waals surface area contributed by atoms with Gasteiger partial charge in [-0.1, -0.05) is 18.2 Å². The molecule has 5 heteroatoms. The third-order valence-electron chi connectivity index (χ3n) is 2.76. The fourth-order valence-electron chi connectivity index (χ4n) is 1.88. The van der Waals surface area contributed by atoms with E-state index in [9.17, 15) is 4.79 Å². The molecule has 18 heavy (non-hydrogen) atoms. The van der Waals surface area contributed by atoms with Crippen LogP contribution >= 0.6 is 27.3 Å². The zero-order valence-electron chi connectivity index (χ0n) is 9.34. The zero-order valence-corrected chi connectivity index (χ0v) is 11.7. The van der Waals surface area contributed by atoms with E-state index in [-0.39, 0.29) is 5.56 Å². The summed E-state index contributed by atoms with van der Waals surface area (Å²) in [6.07, 6.45) is 3.09. The van der Waals surface area contributed by atoms with Crippen molar-refractivity contribution in [1.82, 2.24) is 9.55 Å². The lowest BCUT2D eigenvalue weighted by molar-refractivity contribution is 0.736. The smallest absolute Gasteiger partial charge is 0.267 e. The van der Waals surface area contributed by atoms with Crippen molar-refractivity contribution in [2.24, 2.45) is 0 Å². The van der Waals surface area contributed by atoms with Crippen LogP contribution in [0.15, 0.2) is 51.4 Å². The Morgan fingerprint density at radius 2 is 2.17 bits per heavy atom. The molecule has 0 unspecified atom stereocenters. The van der Waals surface area contributed by atoms with E-state index in [0.717, 1.165) is 5.56 Å². The first-order chi connectivity index (χ1) is 8.75. The van der Waals surface area contributed by atoms with Gasteiger partial charge in [-0.15, -0.1) is 11.3 Å². The van der Waals surface area contributed by atoms with E-state index in [4.69, 9.17) is 0 Å². The number of nitrogens with zero attached hydrogens (tertiary/aromatic N) is 2. The lowest BCUT2D eigenvalue weighted by Gasteiger charge is -2.04. The molecule has 0 fully saturated rings. The number of benzene rings is 1. The highest BCUT2D eigenvalue weighted by Gasteiger charge is 2.06. The van der Waals surface area contributed by atoms with Crippen LogP contribution in [0.3, 0.4) is 0 Å². The van der Waals surface area contributed by atoms with Gasteiger partial charge >= 0.3 is 0 Å². The Morgan fingerprint density at radius 1 is 1.33 bits per heavy atom. The predicted octanol–water partition coefficient (Wildman–Crippen LogP) is 3.27. The van der Waals surface area contributed by atoms with E-state index in [0.29, 0.717) is 11.0 Å². The fraction of sp³-hybridized carbons (Fsp3) is 0.0769. The molecule has 1 aromatic carbocycles. The summed E-state index contributed by atoms with van der Waals surface area (Å²) in [5, 5.41) is 3.30. The van der Waals surface area contributed by atoms with E-state index >= 15 is 0 Å². The van der Waals surface area contributed by atoms with Crippen LogP contribution < -0.4 is 5.56 Å². The van der Waals surface area contributed by atoms with Crippen LogP contribution in [-0.4, -0.2) is 9.55 Å². The normalized spacial score (nSPS) is 10.9. The average molecular weight is 321 g/mol.